The van der Waals surface area contributed by atoms with E-state index in [1.165, 1.54) is 0 Å². The molecule has 6 heteroatoms. The topological polar surface area (TPSA) is 37.2 Å². The monoisotopic (exact) mass is 293 g/mol. The van der Waals surface area contributed by atoms with Gasteiger partial charge in [0, 0.05) is 27.5 Å². The van der Waals surface area contributed by atoms with E-state index in [4.69, 9.17) is 0 Å². The minimum Gasteiger partial charge on any atom is -0.206 e. The molecule has 64 valence electrons. The molecule has 0 aliphatic carbocycles. The number of H-pyrrole nitrogens is 1. The molecule has 0 atom stereocenters. The molecule has 0 aliphatic rings. The summed E-state index contributed by atoms with van der Waals surface area (Å²) in [5.74, 6) is 0. The van der Waals surface area contributed by atoms with Crippen LogP contribution in [0.2, 0.25) is 0 Å². The summed E-state index contributed by atoms with van der Waals surface area (Å²) < 4.78 is 5.47. The molecule has 2 aromatic rings. The molecule has 12 heavy (non-hydrogen) atoms. The molecule has 1 N–H and O–H groups in total. The minimum atomic E-state index is 0.941. The van der Waals surface area contributed by atoms with E-state index in [9.17, 15) is 0 Å². The number of rotatable bonds is 0. The van der Waals surface area contributed by atoms with Gasteiger partial charge in [0.15, 0.2) is 4.60 Å². The van der Waals surface area contributed by atoms with Gasteiger partial charge in [-0.2, -0.15) is 0 Å². The second-order valence-corrected chi connectivity index (χ2v) is 4.11. The van der Waals surface area contributed by atoms with Crippen molar-refractivity contribution >= 4 is 31.9 Å². The first kappa shape index (κ1) is 8.25. The number of aromatic nitrogens is 4. The Balaban J connectivity index is 2.93. The van der Waals surface area contributed by atoms with Gasteiger partial charge in [0.25, 0.3) is 4.60 Å². The fourth-order valence-corrected chi connectivity index (χ4v) is 1.69. The van der Waals surface area contributed by atoms with Crippen molar-refractivity contribution in [2.24, 2.45) is 0 Å². The van der Waals surface area contributed by atoms with Crippen LogP contribution in [0.3, 0.4) is 0 Å². The van der Waals surface area contributed by atoms with E-state index in [1.807, 2.05) is 18.5 Å². The predicted molar refractivity (Wildman–Crippen MR) is 50.1 cm³/mol. The van der Waals surface area contributed by atoms with Crippen LogP contribution in [0.15, 0.2) is 9.21 Å². The third-order valence-corrected chi connectivity index (χ3v) is 3.50. The molecule has 0 saturated carbocycles. The zero-order valence-corrected chi connectivity index (χ0v) is 9.77. The number of nitrogens with zero attached hydrogens (tertiary/aromatic N) is 3. The maximum Gasteiger partial charge on any atom is 0.268 e. The van der Waals surface area contributed by atoms with E-state index in [2.05, 4.69) is 42.1 Å². The lowest BCUT2D eigenvalue weighted by molar-refractivity contribution is -0.687. The highest BCUT2D eigenvalue weighted by atomic mass is 79.9. The van der Waals surface area contributed by atoms with Crippen LogP contribution in [0.1, 0.15) is 11.4 Å². The molecule has 0 saturated heterocycles. The Labute approximate surface area is 85.8 Å². The third kappa shape index (κ3) is 0.942. The molecule has 0 fully saturated rings. The minimum absolute atomic E-state index is 0.941. The first-order valence-corrected chi connectivity index (χ1v) is 5.01. The van der Waals surface area contributed by atoms with Gasteiger partial charge >= 0.3 is 0 Å². The van der Waals surface area contributed by atoms with Crippen molar-refractivity contribution < 1.29 is 4.63 Å². The number of hydrogen-bond donors (Lipinski definition) is 1. The van der Waals surface area contributed by atoms with Gasteiger partial charge in [-0.15, -0.1) is 0 Å². The van der Waals surface area contributed by atoms with Gasteiger partial charge < -0.3 is 0 Å². The first-order chi connectivity index (χ1) is 5.61. The van der Waals surface area contributed by atoms with Gasteiger partial charge in [-0.3, -0.25) is 0 Å². The summed E-state index contributed by atoms with van der Waals surface area (Å²) in [6, 6.07) is 0. The van der Waals surface area contributed by atoms with Crippen LogP contribution >= 0.6 is 31.9 Å². The lowest BCUT2D eigenvalue weighted by atomic mass is 10.6. The van der Waals surface area contributed by atoms with Crippen molar-refractivity contribution in [2.45, 2.75) is 13.8 Å². The van der Waals surface area contributed by atoms with Gasteiger partial charge in [0.2, 0.25) is 5.69 Å². The average Bonchev–Trinajstić information content (AvgIpc) is 2.43. The number of nitrogens with one attached hydrogen (secondary N) is 1. The van der Waals surface area contributed by atoms with Crippen LogP contribution in [0.4, 0.5) is 0 Å². The lowest BCUT2D eigenvalue weighted by Crippen LogP contribution is -2.29. The normalized spacial score (nSPS) is 11.3. The fourth-order valence-electron chi connectivity index (χ4n) is 1.05. The number of hydrogen-bond acceptors (Lipinski definition) is 1. The van der Waals surface area contributed by atoms with Crippen molar-refractivity contribution in [1.82, 2.24) is 14.8 Å². The van der Waals surface area contributed by atoms with E-state index in [1.54, 1.807) is 4.63 Å². The van der Waals surface area contributed by atoms with Crippen molar-refractivity contribution in [3.63, 3.8) is 0 Å². The Kier molecular flexibility index (Phi) is 1.76. The number of fused-ring (bicyclic) bond motifs is 1. The highest BCUT2D eigenvalue weighted by Crippen LogP contribution is 2.13. The van der Waals surface area contributed by atoms with Gasteiger partial charge in [0.05, 0.1) is 10.8 Å². The molecule has 0 spiro atoms. The Morgan fingerprint density at radius 3 is 2.67 bits per heavy atom. The molecule has 0 bridgehead atoms. The van der Waals surface area contributed by atoms with Gasteiger partial charge in [-0.1, -0.05) is 0 Å². The summed E-state index contributed by atoms with van der Waals surface area (Å²) in [5, 5.41) is 7.43. The maximum atomic E-state index is 4.29. The van der Waals surface area contributed by atoms with E-state index < -0.39 is 0 Å². The molecule has 0 aliphatic heterocycles. The van der Waals surface area contributed by atoms with Crippen LogP contribution in [0, 0.1) is 13.8 Å². The van der Waals surface area contributed by atoms with Crippen LogP contribution in [-0.2, 0) is 0 Å². The Bertz CT molecular complexity index is 400. The van der Waals surface area contributed by atoms with E-state index in [0.717, 1.165) is 20.6 Å². The maximum absolute atomic E-state index is 4.29. The molecule has 2 heterocycles. The molecule has 0 amide bonds. The Hall–Kier alpha value is -0.360. The van der Waals surface area contributed by atoms with Crippen LogP contribution in [-0.4, -0.2) is 14.8 Å². The zero-order chi connectivity index (χ0) is 8.88. The van der Waals surface area contributed by atoms with Crippen molar-refractivity contribution in [3.05, 3.63) is 20.6 Å². The number of halogens is 2. The second-order valence-electron chi connectivity index (χ2n) is 2.61. The largest absolute Gasteiger partial charge is 0.268 e. The van der Waals surface area contributed by atoms with Gasteiger partial charge in [-0.25, -0.2) is 5.10 Å². The van der Waals surface area contributed by atoms with Gasteiger partial charge in [-0.05, 0) is 27.5 Å². The summed E-state index contributed by atoms with van der Waals surface area (Å²) >= 11 is 6.85. The second kappa shape index (κ2) is 2.56. The molecular weight excluding hydrogens is 288 g/mol. The summed E-state index contributed by atoms with van der Waals surface area (Å²) in [7, 11) is 0. The highest BCUT2D eigenvalue weighted by Gasteiger charge is 2.21. The van der Waals surface area contributed by atoms with Crippen LogP contribution < -0.4 is 4.63 Å². The fraction of sp³-hybridized carbons (Fsp3) is 0.333. The highest BCUT2D eigenvalue weighted by molar-refractivity contribution is 9.10. The van der Waals surface area contributed by atoms with E-state index in [-0.39, 0.29) is 0 Å². The summed E-state index contributed by atoms with van der Waals surface area (Å²) in [4.78, 5) is 0. The molecule has 2 rings (SSSR count). The molecular formula is C6H7Br2N4+. The molecule has 0 radical (unpaired) electrons. The third-order valence-electron chi connectivity index (χ3n) is 1.68. The number of aromatic amines is 1. The van der Waals surface area contributed by atoms with Crippen molar-refractivity contribution in [3.8, 4) is 0 Å². The SMILES string of the molecule is Cc1nn2c(Br)c(C)[nH][n+]2c1Br. The van der Waals surface area contributed by atoms with Crippen molar-refractivity contribution in [2.75, 3.05) is 0 Å². The van der Waals surface area contributed by atoms with Gasteiger partial charge in [0.1, 0.15) is 0 Å². The van der Waals surface area contributed by atoms with E-state index >= 15 is 0 Å². The Morgan fingerprint density at radius 1 is 1.42 bits per heavy atom. The molecule has 4 nitrogen and oxygen atoms in total. The predicted octanol–water partition coefficient (Wildman–Crippen LogP) is 1.39. The summed E-state index contributed by atoms with van der Waals surface area (Å²) in [5.41, 5.74) is 2.00. The summed E-state index contributed by atoms with van der Waals surface area (Å²) in [6.45, 7) is 3.92. The lowest BCUT2D eigenvalue weighted by Gasteiger charge is -1.76. The average molecular weight is 295 g/mol. The van der Waals surface area contributed by atoms with Crippen LogP contribution in [0.25, 0.3) is 0 Å². The van der Waals surface area contributed by atoms with Crippen LogP contribution in [0.5, 0.6) is 0 Å². The smallest absolute Gasteiger partial charge is 0.206 e. The first-order valence-electron chi connectivity index (χ1n) is 3.42. The standard InChI is InChI=1S/C6H7Br2N4/c1-3-5(7)11-10-4(2)6(8)12(11)9-3/h9H,1-2H3/q+1. The number of aryl methyl sites for hydroxylation is 2. The zero-order valence-electron chi connectivity index (χ0n) is 6.60. The molecule has 0 unspecified atom stereocenters. The Morgan fingerprint density at radius 2 is 2.08 bits per heavy atom. The molecule has 0 aromatic carbocycles. The quantitative estimate of drug-likeness (QED) is 0.733. The molecule has 2 aromatic heterocycles. The van der Waals surface area contributed by atoms with E-state index in [0.29, 0.717) is 0 Å². The summed E-state index contributed by atoms with van der Waals surface area (Å²) in [6.07, 6.45) is 0. The van der Waals surface area contributed by atoms with Crippen molar-refractivity contribution in [1.29, 1.82) is 0 Å².